The molecule has 0 spiro atoms. The Hall–Kier alpha value is -2.64. The molecule has 8 heteroatoms. The van der Waals surface area contributed by atoms with Gasteiger partial charge in [-0.2, -0.15) is 0 Å². The topological polar surface area (TPSA) is 84.7 Å². The molecule has 138 valence electrons. The van der Waals surface area contributed by atoms with Gasteiger partial charge in [0.15, 0.2) is 0 Å². The maximum absolute atomic E-state index is 12.4. The van der Waals surface area contributed by atoms with E-state index < -0.39 is 4.92 Å². The standard InChI is InChI=1S/C18H20ClN3O4/c1-21(2)17(12-4-7-14(26-3)8-5-12)11-20-18(23)15-9-6-13(22(24)25)10-16(15)19/h4-10,17H,11H2,1-3H3,(H,20,23). The average molecular weight is 378 g/mol. The zero-order chi connectivity index (χ0) is 19.3. The molecule has 0 aromatic heterocycles. The summed E-state index contributed by atoms with van der Waals surface area (Å²) in [6.45, 7) is 0.353. The van der Waals surface area contributed by atoms with Crippen LogP contribution in [-0.2, 0) is 0 Å². The highest BCUT2D eigenvalue weighted by atomic mass is 35.5. The number of nitrogens with zero attached hydrogens (tertiary/aromatic N) is 2. The van der Waals surface area contributed by atoms with Crippen molar-refractivity contribution < 1.29 is 14.5 Å². The van der Waals surface area contributed by atoms with Gasteiger partial charge in [0.1, 0.15) is 5.75 Å². The SMILES string of the molecule is COc1ccc(C(CNC(=O)c2ccc([N+](=O)[O-])cc2Cl)N(C)C)cc1. The molecular formula is C18H20ClN3O4. The number of amides is 1. The molecule has 26 heavy (non-hydrogen) atoms. The van der Waals surface area contributed by atoms with E-state index in [2.05, 4.69) is 5.32 Å². The summed E-state index contributed by atoms with van der Waals surface area (Å²) in [6, 6.07) is 11.3. The van der Waals surface area contributed by atoms with E-state index in [4.69, 9.17) is 16.3 Å². The molecule has 0 saturated heterocycles. The number of methoxy groups -OCH3 is 1. The van der Waals surface area contributed by atoms with Crippen molar-refractivity contribution in [2.45, 2.75) is 6.04 Å². The van der Waals surface area contributed by atoms with Crippen LogP contribution in [0.5, 0.6) is 5.75 Å². The molecular weight excluding hydrogens is 358 g/mol. The Morgan fingerprint density at radius 1 is 1.27 bits per heavy atom. The number of halogens is 1. The Kier molecular flexibility index (Phi) is 6.54. The molecule has 2 aromatic rings. The fraction of sp³-hybridized carbons (Fsp3) is 0.278. The van der Waals surface area contributed by atoms with Gasteiger partial charge < -0.3 is 15.0 Å². The normalized spacial score (nSPS) is 11.9. The summed E-state index contributed by atoms with van der Waals surface area (Å²) in [7, 11) is 5.44. The van der Waals surface area contributed by atoms with E-state index >= 15 is 0 Å². The minimum absolute atomic E-state index is 0.0440. The number of benzene rings is 2. The van der Waals surface area contributed by atoms with Crippen LogP contribution in [0.2, 0.25) is 5.02 Å². The van der Waals surface area contributed by atoms with Crippen molar-refractivity contribution in [3.8, 4) is 5.75 Å². The molecule has 1 N–H and O–H groups in total. The lowest BCUT2D eigenvalue weighted by Crippen LogP contribution is -2.34. The molecule has 0 aliphatic carbocycles. The quantitative estimate of drug-likeness (QED) is 0.591. The van der Waals surface area contributed by atoms with Gasteiger partial charge in [0.05, 0.1) is 28.7 Å². The van der Waals surface area contributed by atoms with Gasteiger partial charge in [-0.1, -0.05) is 23.7 Å². The van der Waals surface area contributed by atoms with Crippen LogP contribution in [0.1, 0.15) is 22.0 Å². The van der Waals surface area contributed by atoms with Gasteiger partial charge in [-0.15, -0.1) is 0 Å². The third kappa shape index (κ3) is 4.71. The Labute approximate surface area is 156 Å². The molecule has 0 saturated carbocycles. The summed E-state index contributed by atoms with van der Waals surface area (Å²) in [4.78, 5) is 24.6. The van der Waals surface area contributed by atoms with E-state index in [1.54, 1.807) is 7.11 Å². The number of hydrogen-bond acceptors (Lipinski definition) is 5. The van der Waals surface area contributed by atoms with E-state index in [1.165, 1.54) is 18.2 Å². The van der Waals surface area contributed by atoms with Crippen molar-refractivity contribution in [3.63, 3.8) is 0 Å². The molecule has 2 rings (SSSR count). The molecule has 1 atom stereocenters. The minimum atomic E-state index is -0.556. The molecule has 7 nitrogen and oxygen atoms in total. The van der Waals surface area contributed by atoms with Gasteiger partial charge in [0, 0.05) is 18.7 Å². The first kappa shape index (κ1) is 19.7. The van der Waals surface area contributed by atoms with Crippen molar-refractivity contribution in [2.24, 2.45) is 0 Å². The first-order valence-corrected chi connectivity index (χ1v) is 8.23. The molecule has 0 fully saturated rings. The van der Waals surface area contributed by atoms with Crippen molar-refractivity contribution >= 4 is 23.2 Å². The highest BCUT2D eigenvalue weighted by Crippen LogP contribution is 2.24. The van der Waals surface area contributed by atoms with E-state index in [0.29, 0.717) is 6.54 Å². The van der Waals surface area contributed by atoms with E-state index in [0.717, 1.165) is 11.3 Å². The fourth-order valence-electron chi connectivity index (χ4n) is 2.51. The minimum Gasteiger partial charge on any atom is -0.497 e. The smallest absolute Gasteiger partial charge is 0.270 e. The van der Waals surface area contributed by atoms with Crippen molar-refractivity contribution in [3.05, 3.63) is 68.7 Å². The summed E-state index contributed by atoms with van der Waals surface area (Å²) < 4.78 is 5.16. The van der Waals surface area contributed by atoms with Gasteiger partial charge in [-0.25, -0.2) is 0 Å². The van der Waals surface area contributed by atoms with Crippen LogP contribution >= 0.6 is 11.6 Å². The summed E-state index contributed by atoms with van der Waals surface area (Å²) >= 11 is 6.01. The number of likely N-dealkylation sites (N-methyl/N-ethyl adjacent to an activating group) is 1. The van der Waals surface area contributed by atoms with E-state index in [-0.39, 0.29) is 28.2 Å². The number of nitrogens with one attached hydrogen (secondary N) is 1. The second-order valence-electron chi connectivity index (χ2n) is 5.88. The van der Waals surface area contributed by atoms with Gasteiger partial charge in [-0.05, 0) is 37.9 Å². The second kappa shape index (κ2) is 8.64. The molecule has 1 amide bonds. The lowest BCUT2D eigenvalue weighted by atomic mass is 10.1. The Balaban J connectivity index is 2.11. The van der Waals surface area contributed by atoms with Crippen LogP contribution in [-0.4, -0.2) is 43.5 Å². The van der Waals surface area contributed by atoms with Gasteiger partial charge in [-0.3, -0.25) is 14.9 Å². The summed E-state index contributed by atoms with van der Waals surface area (Å²) in [5.41, 5.74) is 1.06. The molecule has 0 bridgehead atoms. The van der Waals surface area contributed by atoms with Crippen LogP contribution in [0.3, 0.4) is 0 Å². The number of ether oxygens (including phenoxy) is 1. The van der Waals surface area contributed by atoms with E-state index in [9.17, 15) is 14.9 Å². The van der Waals surface area contributed by atoms with Crippen LogP contribution in [0.15, 0.2) is 42.5 Å². The lowest BCUT2D eigenvalue weighted by molar-refractivity contribution is -0.384. The van der Waals surface area contributed by atoms with Gasteiger partial charge >= 0.3 is 0 Å². The van der Waals surface area contributed by atoms with Crippen LogP contribution in [0.4, 0.5) is 5.69 Å². The third-order valence-corrected chi connectivity index (χ3v) is 4.30. The highest BCUT2D eigenvalue weighted by molar-refractivity contribution is 6.34. The molecule has 2 aromatic carbocycles. The van der Waals surface area contributed by atoms with Crippen molar-refractivity contribution in [1.29, 1.82) is 0 Å². The zero-order valence-corrected chi connectivity index (χ0v) is 15.5. The Morgan fingerprint density at radius 2 is 1.92 bits per heavy atom. The lowest BCUT2D eigenvalue weighted by Gasteiger charge is -2.25. The van der Waals surface area contributed by atoms with E-state index in [1.807, 2.05) is 43.3 Å². The summed E-state index contributed by atoms with van der Waals surface area (Å²) in [5.74, 6) is 0.373. The number of nitro groups is 1. The first-order valence-electron chi connectivity index (χ1n) is 7.86. The van der Waals surface area contributed by atoms with Gasteiger partial charge in [0.2, 0.25) is 0 Å². The number of carbonyl (C=O) groups excluding carboxylic acids is 1. The number of non-ortho nitro benzene ring substituents is 1. The average Bonchev–Trinajstić information content (AvgIpc) is 2.61. The largest absolute Gasteiger partial charge is 0.497 e. The number of hydrogen-bond donors (Lipinski definition) is 1. The fourth-order valence-corrected chi connectivity index (χ4v) is 2.77. The predicted octanol–water partition coefficient (Wildman–Crippen LogP) is 3.29. The number of carbonyl (C=O) groups is 1. The van der Waals surface area contributed by atoms with Crippen LogP contribution in [0.25, 0.3) is 0 Å². The third-order valence-electron chi connectivity index (χ3n) is 3.99. The predicted molar refractivity (Wildman–Crippen MR) is 99.9 cm³/mol. The molecule has 0 aliphatic rings. The van der Waals surface area contributed by atoms with Crippen molar-refractivity contribution in [2.75, 3.05) is 27.7 Å². The number of nitro benzene ring substituents is 1. The maximum Gasteiger partial charge on any atom is 0.270 e. The summed E-state index contributed by atoms with van der Waals surface area (Å²) in [6.07, 6.45) is 0. The highest BCUT2D eigenvalue weighted by Gasteiger charge is 2.18. The number of rotatable bonds is 7. The van der Waals surface area contributed by atoms with Crippen LogP contribution in [0, 0.1) is 10.1 Å². The zero-order valence-electron chi connectivity index (χ0n) is 14.7. The monoisotopic (exact) mass is 377 g/mol. The second-order valence-corrected chi connectivity index (χ2v) is 6.29. The first-order chi connectivity index (χ1) is 12.3. The van der Waals surface area contributed by atoms with Crippen LogP contribution < -0.4 is 10.1 Å². The van der Waals surface area contributed by atoms with Gasteiger partial charge in [0.25, 0.3) is 11.6 Å². The molecule has 0 aliphatic heterocycles. The maximum atomic E-state index is 12.4. The Morgan fingerprint density at radius 3 is 2.42 bits per heavy atom. The molecule has 0 heterocycles. The van der Waals surface area contributed by atoms with Crippen molar-refractivity contribution in [1.82, 2.24) is 10.2 Å². The summed E-state index contributed by atoms with van der Waals surface area (Å²) in [5, 5.41) is 13.6. The molecule has 0 radical (unpaired) electrons. The Bertz CT molecular complexity index is 794. The molecule has 1 unspecified atom stereocenters.